The lowest BCUT2D eigenvalue weighted by atomic mass is 10.1. The number of para-hydroxylation sites is 2. The summed E-state index contributed by atoms with van der Waals surface area (Å²) in [5.74, 6) is -0.406. The molecule has 27 heavy (non-hydrogen) atoms. The van der Waals surface area contributed by atoms with E-state index in [2.05, 4.69) is 21.2 Å². The van der Waals surface area contributed by atoms with Crippen molar-refractivity contribution in [2.24, 2.45) is 10.9 Å². The van der Waals surface area contributed by atoms with Crippen LogP contribution in [0.4, 0.5) is 11.4 Å². The van der Waals surface area contributed by atoms with Gasteiger partial charge in [0.2, 0.25) is 11.8 Å². The molecule has 2 aromatic rings. The first-order valence-corrected chi connectivity index (χ1v) is 9.91. The predicted octanol–water partition coefficient (Wildman–Crippen LogP) is 3.98. The van der Waals surface area contributed by atoms with Gasteiger partial charge in [-0.1, -0.05) is 46.3 Å². The number of halogens is 1. The third-order valence-corrected chi connectivity index (χ3v) is 5.84. The number of anilines is 1. The summed E-state index contributed by atoms with van der Waals surface area (Å²) in [6.45, 7) is 0.411. The summed E-state index contributed by atoms with van der Waals surface area (Å²) in [6, 6.07) is 15.3. The summed E-state index contributed by atoms with van der Waals surface area (Å²) in [5, 5.41) is 2.92. The molecule has 0 bridgehead atoms. The smallest absolute Gasteiger partial charge is 0.240 e. The molecule has 2 aliphatic rings. The van der Waals surface area contributed by atoms with Gasteiger partial charge in [-0.15, -0.1) is 0 Å². The fourth-order valence-electron chi connectivity index (χ4n) is 3.67. The zero-order valence-corrected chi connectivity index (χ0v) is 16.4. The van der Waals surface area contributed by atoms with E-state index in [9.17, 15) is 9.59 Å². The van der Waals surface area contributed by atoms with Crippen molar-refractivity contribution in [2.75, 3.05) is 11.4 Å². The van der Waals surface area contributed by atoms with Gasteiger partial charge < -0.3 is 10.2 Å². The molecule has 1 atom stereocenters. The topological polar surface area (TPSA) is 61.8 Å². The van der Waals surface area contributed by atoms with Crippen molar-refractivity contribution in [3.05, 3.63) is 58.6 Å². The van der Waals surface area contributed by atoms with Crippen LogP contribution in [0.25, 0.3) is 0 Å². The largest absolute Gasteiger partial charge is 0.350 e. The standard InChI is InChI=1S/C21H20BrN3O2/c22-16-8-2-1-6-14(16)12-23-20(26)13-25-19-11-4-3-9-18(19)24-17-10-5-7-15(17)21(25)27/h1-4,6,8-9,11,15H,5,7,10,12-13H2,(H,23,26)/t15-/m1/s1. The quantitative estimate of drug-likeness (QED) is 0.804. The molecule has 0 aromatic heterocycles. The number of aliphatic imine (C=N–C) groups is 1. The second-order valence-corrected chi connectivity index (χ2v) is 7.68. The van der Waals surface area contributed by atoms with Crippen molar-refractivity contribution >= 4 is 44.8 Å². The molecule has 138 valence electrons. The number of nitrogens with zero attached hydrogens (tertiary/aromatic N) is 2. The van der Waals surface area contributed by atoms with Crippen LogP contribution in [0, 0.1) is 5.92 Å². The Balaban J connectivity index is 1.53. The maximum atomic E-state index is 13.1. The van der Waals surface area contributed by atoms with Crippen LogP contribution in [0.2, 0.25) is 0 Å². The summed E-state index contributed by atoms with van der Waals surface area (Å²) < 4.78 is 0.950. The van der Waals surface area contributed by atoms with Crippen molar-refractivity contribution in [1.82, 2.24) is 5.32 Å². The maximum Gasteiger partial charge on any atom is 0.240 e. The van der Waals surface area contributed by atoms with Crippen LogP contribution < -0.4 is 10.2 Å². The van der Waals surface area contributed by atoms with Gasteiger partial charge >= 0.3 is 0 Å². The SMILES string of the molecule is O=C(CN1C(=O)[C@@H]2CCCC2=Nc2ccccc21)NCc1ccccc1Br. The summed E-state index contributed by atoms with van der Waals surface area (Å²) in [7, 11) is 0. The van der Waals surface area contributed by atoms with Gasteiger partial charge in [0.15, 0.2) is 0 Å². The Hall–Kier alpha value is -2.47. The molecule has 1 heterocycles. The van der Waals surface area contributed by atoms with Crippen LogP contribution in [0.5, 0.6) is 0 Å². The molecule has 6 heteroatoms. The Morgan fingerprint density at radius 3 is 2.81 bits per heavy atom. The predicted molar refractivity (Wildman–Crippen MR) is 109 cm³/mol. The van der Waals surface area contributed by atoms with Gasteiger partial charge in [-0.3, -0.25) is 14.6 Å². The highest BCUT2D eigenvalue weighted by Gasteiger charge is 2.36. The summed E-state index contributed by atoms with van der Waals surface area (Å²) in [4.78, 5) is 32.0. The number of hydrogen-bond donors (Lipinski definition) is 1. The van der Waals surface area contributed by atoms with E-state index in [1.165, 1.54) is 0 Å². The first-order valence-electron chi connectivity index (χ1n) is 9.11. The van der Waals surface area contributed by atoms with E-state index in [1.54, 1.807) is 4.90 Å². The minimum absolute atomic E-state index is 0.000398. The second kappa shape index (κ2) is 7.64. The van der Waals surface area contributed by atoms with Crippen LogP contribution in [0.1, 0.15) is 24.8 Å². The van der Waals surface area contributed by atoms with Crippen LogP contribution in [-0.4, -0.2) is 24.1 Å². The first kappa shape index (κ1) is 17.9. The molecule has 1 aliphatic heterocycles. The highest BCUT2D eigenvalue weighted by Crippen LogP contribution is 2.37. The summed E-state index contributed by atoms with van der Waals surface area (Å²) in [5.41, 5.74) is 3.42. The average Bonchev–Trinajstić information content (AvgIpc) is 3.10. The molecule has 1 aliphatic carbocycles. The Bertz CT molecular complexity index is 925. The van der Waals surface area contributed by atoms with Gasteiger partial charge in [0.05, 0.1) is 17.3 Å². The zero-order chi connectivity index (χ0) is 18.8. The van der Waals surface area contributed by atoms with Gasteiger partial charge in [-0.05, 0) is 43.0 Å². The number of benzene rings is 2. The molecule has 0 radical (unpaired) electrons. The van der Waals surface area contributed by atoms with Crippen LogP contribution >= 0.6 is 15.9 Å². The number of nitrogens with one attached hydrogen (secondary N) is 1. The number of carbonyl (C=O) groups is 2. The van der Waals surface area contributed by atoms with Crippen molar-refractivity contribution < 1.29 is 9.59 Å². The van der Waals surface area contributed by atoms with Crippen LogP contribution in [0.3, 0.4) is 0 Å². The Morgan fingerprint density at radius 2 is 1.96 bits per heavy atom. The lowest BCUT2D eigenvalue weighted by molar-refractivity contribution is -0.124. The average molecular weight is 426 g/mol. The van der Waals surface area contributed by atoms with Crippen LogP contribution in [0.15, 0.2) is 58.0 Å². The third kappa shape index (κ3) is 3.67. The first-order chi connectivity index (χ1) is 13.1. The van der Waals surface area contributed by atoms with Gasteiger partial charge in [0.25, 0.3) is 0 Å². The number of hydrogen-bond acceptors (Lipinski definition) is 3. The van der Waals surface area contributed by atoms with Crippen molar-refractivity contribution in [2.45, 2.75) is 25.8 Å². The molecular weight excluding hydrogens is 406 g/mol. The third-order valence-electron chi connectivity index (χ3n) is 5.06. The van der Waals surface area contributed by atoms with E-state index in [4.69, 9.17) is 4.99 Å². The van der Waals surface area contributed by atoms with E-state index in [0.717, 1.165) is 40.7 Å². The highest BCUT2D eigenvalue weighted by molar-refractivity contribution is 9.10. The molecule has 1 saturated carbocycles. The van der Waals surface area contributed by atoms with E-state index in [0.29, 0.717) is 12.2 Å². The number of amides is 2. The summed E-state index contributed by atoms with van der Waals surface area (Å²) in [6.07, 6.45) is 2.63. The van der Waals surface area contributed by atoms with E-state index in [1.807, 2.05) is 48.5 Å². The number of carbonyl (C=O) groups excluding carboxylic acids is 2. The fraction of sp³-hybridized carbons (Fsp3) is 0.286. The molecule has 1 fully saturated rings. The molecule has 2 aromatic carbocycles. The van der Waals surface area contributed by atoms with Crippen molar-refractivity contribution in [3.63, 3.8) is 0 Å². The Kier molecular flexibility index (Phi) is 5.07. The number of fused-ring (bicyclic) bond motifs is 2. The molecule has 1 N–H and O–H groups in total. The Labute approximate surface area is 166 Å². The fourth-order valence-corrected chi connectivity index (χ4v) is 4.10. The van der Waals surface area contributed by atoms with Crippen LogP contribution in [-0.2, 0) is 16.1 Å². The van der Waals surface area contributed by atoms with Gasteiger partial charge in [-0.25, -0.2) is 0 Å². The lowest BCUT2D eigenvalue weighted by Gasteiger charge is -2.24. The van der Waals surface area contributed by atoms with Gasteiger partial charge in [0, 0.05) is 16.7 Å². The molecule has 0 saturated heterocycles. The van der Waals surface area contributed by atoms with Crippen molar-refractivity contribution in [1.29, 1.82) is 0 Å². The molecule has 4 rings (SSSR count). The van der Waals surface area contributed by atoms with E-state index < -0.39 is 0 Å². The Morgan fingerprint density at radius 1 is 1.19 bits per heavy atom. The minimum Gasteiger partial charge on any atom is -0.350 e. The molecule has 5 nitrogen and oxygen atoms in total. The summed E-state index contributed by atoms with van der Waals surface area (Å²) >= 11 is 3.49. The van der Waals surface area contributed by atoms with E-state index in [-0.39, 0.29) is 24.3 Å². The monoisotopic (exact) mass is 425 g/mol. The van der Waals surface area contributed by atoms with E-state index >= 15 is 0 Å². The zero-order valence-electron chi connectivity index (χ0n) is 14.8. The minimum atomic E-state index is -0.200. The molecular formula is C21H20BrN3O2. The van der Waals surface area contributed by atoms with Gasteiger partial charge in [-0.2, -0.15) is 0 Å². The highest BCUT2D eigenvalue weighted by atomic mass is 79.9. The van der Waals surface area contributed by atoms with Crippen molar-refractivity contribution in [3.8, 4) is 0 Å². The molecule has 2 amide bonds. The normalized spacial score (nSPS) is 18.4. The molecule has 0 unspecified atom stereocenters. The van der Waals surface area contributed by atoms with Gasteiger partial charge in [0.1, 0.15) is 6.54 Å². The second-order valence-electron chi connectivity index (χ2n) is 6.83. The molecule has 0 spiro atoms. The number of rotatable bonds is 4. The maximum absolute atomic E-state index is 13.1. The lowest BCUT2D eigenvalue weighted by Crippen LogP contribution is -2.43.